The lowest BCUT2D eigenvalue weighted by Gasteiger charge is -2.26. The van der Waals surface area contributed by atoms with E-state index >= 15 is 0 Å². The molecule has 9 heteroatoms. The number of Topliss-reactive ketones (excluding diaryl/α,β-unsaturated/α-hetero) is 1. The standard InChI is InChI=1S/C21H31N3O6/c1-11-17(19(27)29-7)15(22-18(11)13(3)25)10-16(26)24-9-8-14(12(24)2)23-20(28)30-21(4,5)6/h12,14,22H,8-10H2,1-7H3,(H,23,28)/t12-,14-/m0/s1. The van der Waals surface area contributed by atoms with Crippen molar-refractivity contribution in [3.63, 3.8) is 0 Å². The van der Waals surface area contributed by atoms with Crippen molar-refractivity contribution in [2.24, 2.45) is 0 Å². The molecule has 2 rings (SSSR count). The van der Waals surface area contributed by atoms with E-state index in [4.69, 9.17) is 9.47 Å². The van der Waals surface area contributed by atoms with E-state index in [0.717, 1.165) is 0 Å². The number of aromatic amines is 1. The zero-order chi connectivity index (χ0) is 22.8. The van der Waals surface area contributed by atoms with Crippen molar-refractivity contribution in [3.8, 4) is 0 Å². The van der Waals surface area contributed by atoms with Gasteiger partial charge in [-0.15, -0.1) is 0 Å². The smallest absolute Gasteiger partial charge is 0.407 e. The second-order valence-electron chi connectivity index (χ2n) is 8.57. The van der Waals surface area contributed by atoms with Gasteiger partial charge in [-0.05, 0) is 46.6 Å². The monoisotopic (exact) mass is 421 g/mol. The normalized spacial score (nSPS) is 18.8. The molecule has 0 radical (unpaired) electrons. The molecule has 1 aliphatic rings. The zero-order valence-corrected chi connectivity index (χ0v) is 18.7. The number of esters is 1. The lowest BCUT2D eigenvalue weighted by Crippen LogP contribution is -2.46. The van der Waals surface area contributed by atoms with Gasteiger partial charge < -0.3 is 24.7 Å². The molecule has 2 heterocycles. The average molecular weight is 421 g/mol. The summed E-state index contributed by atoms with van der Waals surface area (Å²) in [6.45, 7) is 10.7. The van der Waals surface area contributed by atoms with E-state index in [1.54, 1.807) is 32.6 Å². The molecule has 0 unspecified atom stereocenters. The maximum atomic E-state index is 13.0. The molecule has 2 amide bonds. The molecule has 1 fully saturated rings. The summed E-state index contributed by atoms with van der Waals surface area (Å²) in [5, 5.41) is 2.82. The number of nitrogens with zero attached hydrogens (tertiary/aromatic N) is 1. The van der Waals surface area contributed by atoms with Crippen LogP contribution in [-0.4, -0.2) is 65.0 Å². The highest BCUT2D eigenvalue weighted by atomic mass is 16.6. The summed E-state index contributed by atoms with van der Waals surface area (Å²) in [6, 6.07) is -0.475. The molecule has 0 spiro atoms. The fourth-order valence-electron chi connectivity index (χ4n) is 3.72. The van der Waals surface area contributed by atoms with E-state index in [1.165, 1.54) is 14.0 Å². The van der Waals surface area contributed by atoms with E-state index in [2.05, 4.69) is 10.3 Å². The number of aromatic nitrogens is 1. The van der Waals surface area contributed by atoms with Gasteiger partial charge in [-0.1, -0.05) is 0 Å². The number of hydrogen-bond donors (Lipinski definition) is 2. The van der Waals surface area contributed by atoms with E-state index in [1.807, 2.05) is 6.92 Å². The van der Waals surface area contributed by atoms with Crippen molar-refractivity contribution in [2.45, 2.75) is 72.1 Å². The van der Waals surface area contributed by atoms with E-state index < -0.39 is 17.7 Å². The second kappa shape index (κ2) is 8.89. The molecule has 0 aromatic carbocycles. The molecule has 30 heavy (non-hydrogen) atoms. The van der Waals surface area contributed by atoms with Crippen molar-refractivity contribution in [2.75, 3.05) is 13.7 Å². The number of nitrogens with one attached hydrogen (secondary N) is 2. The van der Waals surface area contributed by atoms with Crippen LogP contribution in [-0.2, 0) is 20.7 Å². The second-order valence-corrected chi connectivity index (χ2v) is 8.57. The quantitative estimate of drug-likeness (QED) is 0.557. The van der Waals surface area contributed by atoms with Crippen LogP contribution in [0.5, 0.6) is 0 Å². The van der Waals surface area contributed by atoms with Crippen molar-refractivity contribution in [1.82, 2.24) is 15.2 Å². The fraction of sp³-hybridized carbons (Fsp3) is 0.619. The first-order valence-electron chi connectivity index (χ1n) is 9.95. The number of methoxy groups -OCH3 is 1. The zero-order valence-electron chi connectivity index (χ0n) is 18.7. The third-order valence-corrected chi connectivity index (χ3v) is 5.17. The number of alkyl carbamates (subject to hydrolysis) is 1. The van der Waals surface area contributed by atoms with Gasteiger partial charge in [0, 0.05) is 25.2 Å². The van der Waals surface area contributed by atoms with Gasteiger partial charge in [0.1, 0.15) is 5.60 Å². The van der Waals surface area contributed by atoms with Crippen molar-refractivity contribution < 1.29 is 28.7 Å². The molecule has 0 bridgehead atoms. The van der Waals surface area contributed by atoms with Crippen LogP contribution in [0.15, 0.2) is 0 Å². The van der Waals surface area contributed by atoms with Gasteiger partial charge in [-0.3, -0.25) is 9.59 Å². The van der Waals surface area contributed by atoms with Gasteiger partial charge in [0.05, 0.1) is 30.8 Å². The molecule has 2 N–H and O–H groups in total. The average Bonchev–Trinajstić information content (AvgIpc) is 3.13. The number of carbonyl (C=O) groups is 4. The number of ether oxygens (including phenoxy) is 2. The summed E-state index contributed by atoms with van der Waals surface area (Å²) in [4.78, 5) is 53.7. The Balaban J connectivity index is 2.13. The first-order valence-corrected chi connectivity index (χ1v) is 9.95. The summed E-state index contributed by atoms with van der Waals surface area (Å²) < 4.78 is 10.1. The van der Waals surface area contributed by atoms with Crippen LogP contribution in [0.4, 0.5) is 4.79 Å². The van der Waals surface area contributed by atoms with Crippen molar-refractivity contribution in [3.05, 3.63) is 22.5 Å². The Hall–Kier alpha value is -2.84. The maximum Gasteiger partial charge on any atom is 0.407 e. The molecular formula is C21H31N3O6. The molecule has 9 nitrogen and oxygen atoms in total. The number of likely N-dealkylation sites (tertiary alicyclic amines) is 1. The minimum absolute atomic E-state index is 0.0813. The highest BCUT2D eigenvalue weighted by molar-refractivity contribution is 6.01. The Morgan fingerprint density at radius 3 is 2.40 bits per heavy atom. The predicted octanol–water partition coefficient (Wildman–Crippen LogP) is 2.37. The van der Waals surface area contributed by atoms with Gasteiger partial charge in [0.2, 0.25) is 5.91 Å². The van der Waals surface area contributed by atoms with Gasteiger partial charge in [0.25, 0.3) is 0 Å². The molecule has 0 saturated carbocycles. The van der Waals surface area contributed by atoms with Gasteiger partial charge in [-0.25, -0.2) is 9.59 Å². The van der Waals surface area contributed by atoms with Crippen LogP contribution in [0.3, 0.4) is 0 Å². The Labute approximate surface area is 176 Å². The number of hydrogen-bond acceptors (Lipinski definition) is 6. The first-order chi connectivity index (χ1) is 13.9. The van der Waals surface area contributed by atoms with Crippen LogP contribution >= 0.6 is 0 Å². The van der Waals surface area contributed by atoms with E-state index in [9.17, 15) is 19.2 Å². The Bertz CT molecular complexity index is 852. The van der Waals surface area contributed by atoms with Gasteiger partial charge in [0.15, 0.2) is 5.78 Å². The lowest BCUT2D eigenvalue weighted by molar-refractivity contribution is -0.131. The highest BCUT2D eigenvalue weighted by Crippen LogP contribution is 2.24. The van der Waals surface area contributed by atoms with Crippen LogP contribution in [0.2, 0.25) is 0 Å². The molecule has 1 aromatic rings. The molecule has 1 aromatic heterocycles. The number of ketones is 1. The third-order valence-electron chi connectivity index (χ3n) is 5.17. The number of rotatable bonds is 5. The molecule has 0 aliphatic carbocycles. The summed E-state index contributed by atoms with van der Waals surface area (Å²) in [7, 11) is 1.25. The number of carbonyl (C=O) groups excluding carboxylic acids is 4. The number of amides is 2. The van der Waals surface area contributed by atoms with E-state index in [0.29, 0.717) is 24.2 Å². The summed E-state index contributed by atoms with van der Waals surface area (Å²) in [5.41, 5.74) is 0.718. The topological polar surface area (TPSA) is 118 Å². The van der Waals surface area contributed by atoms with Gasteiger partial charge in [-0.2, -0.15) is 0 Å². The Kier molecular flexibility index (Phi) is 6.95. The molecule has 1 saturated heterocycles. The lowest BCUT2D eigenvalue weighted by atomic mass is 10.1. The summed E-state index contributed by atoms with van der Waals surface area (Å²) >= 11 is 0. The minimum atomic E-state index is -0.606. The molecule has 1 aliphatic heterocycles. The Morgan fingerprint density at radius 2 is 1.87 bits per heavy atom. The molecule has 2 atom stereocenters. The first kappa shape index (κ1) is 23.4. The summed E-state index contributed by atoms with van der Waals surface area (Å²) in [6.07, 6.45) is -0.00624. The van der Waals surface area contributed by atoms with Crippen LogP contribution in [0, 0.1) is 6.92 Å². The summed E-state index contributed by atoms with van der Waals surface area (Å²) in [5.74, 6) is -1.04. The third kappa shape index (κ3) is 5.20. The van der Waals surface area contributed by atoms with Crippen LogP contribution < -0.4 is 5.32 Å². The van der Waals surface area contributed by atoms with Crippen LogP contribution in [0.25, 0.3) is 0 Å². The fourth-order valence-corrected chi connectivity index (χ4v) is 3.72. The minimum Gasteiger partial charge on any atom is -0.465 e. The number of H-pyrrole nitrogens is 1. The highest BCUT2D eigenvalue weighted by Gasteiger charge is 2.36. The molecular weight excluding hydrogens is 390 g/mol. The van der Waals surface area contributed by atoms with Crippen molar-refractivity contribution in [1.29, 1.82) is 0 Å². The maximum absolute atomic E-state index is 13.0. The SMILES string of the molecule is COC(=O)c1c(CC(=O)N2CC[C@H](NC(=O)OC(C)(C)C)[C@@H]2C)[nH]c(C(C)=O)c1C. The molecule has 166 valence electrons. The predicted molar refractivity (Wildman–Crippen MR) is 110 cm³/mol. The van der Waals surface area contributed by atoms with E-state index in [-0.39, 0.29) is 41.5 Å². The van der Waals surface area contributed by atoms with Gasteiger partial charge >= 0.3 is 12.1 Å². The Morgan fingerprint density at radius 1 is 1.23 bits per heavy atom. The van der Waals surface area contributed by atoms with Crippen molar-refractivity contribution >= 4 is 23.8 Å². The van der Waals surface area contributed by atoms with Crippen LogP contribution in [0.1, 0.15) is 73.1 Å². The largest absolute Gasteiger partial charge is 0.465 e.